The van der Waals surface area contributed by atoms with Crippen molar-refractivity contribution in [1.82, 2.24) is 15.1 Å². The molecule has 0 saturated carbocycles. The molecule has 1 aromatic heterocycles. The second-order valence-electron chi connectivity index (χ2n) is 6.90. The van der Waals surface area contributed by atoms with Gasteiger partial charge in [0.2, 0.25) is 5.91 Å². The molecule has 29 heavy (non-hydrogen) atoms. The predicted molar refractivity (Wildman–Crippen MR) is 112 cm³/mol. The summed E-state index contributed by atoms with van der Waals surface area (Å²) in [5.41, 5.74) is 3.41. The molecule has 0 spiro atoms. The van der Waals surface area contributed by atoms with Crippen molar-refractivity contribution < 1.29 is 9.59 Å². The molecule has 1 aliphatic rings. The van der Waals surface area contributed by atoms with E-state index in [-0.39, 0.29) is 11.8 Å². The van der Waals surface area contributed by atoms with Crippen molar-refractivity contribution >= 4 is 17.6 Å². The normalized spacial score (nSPS) is 13.1. The number of aromatic nitrogens is 2. The van der Waals surface area contributed by atoms with Gasteiger partial charge < -0.3 is 5.32 Å². The summed E-state index contributed by atoms with van der Waals surface area (Å²) in [5.74, 6) is 0.730. The summed E-state index contributed by atoms with van der Waals surface area (Å²) in [4.78, 5) is 26.4. The molecule has 1 aliphatic heterocycles. The number of aryl methyl sites for hydroxylation is 1. The van der Waals surface area contributed by atoms with Crippen LogP contribution in [0.25, 0.3) is 11.3 Å². The lowest BCUT2D eigenvalue weighted by molar-refractivity contribution is -0.119. The first-order chi connectivity index (χ1) is 14.2. The van der Waals surface area contributed by atoms with E-state index < -0.39 is 0 Å². The fraction of sp³-hybridized carbons (Fsp3) is 0.174. The Morgan fingerprint density at radius 1 is 1.14 bits per heavy atom. The average Bonchev–Trinajstić information content (AvgIpc) is 3.20. The van der Waals surface area contributed by atoms with E-state index >= 15 is 0 Å². The number of nitrogens with one attached hydrogen (secondary N) is 1. The molecule has 4 rings (SSSR count). The molecule has 2 aromatic carbocycles. The van der Waals surface area contributed by atoms with E-state index in [1.807, 2.05) is 53.2 Å². The molecule has 1 N–H and O–H groups in total. The number of hydrogen-bond donors (Lipinski definition) is 1. The molecule has 6 nitrogen and oxygen atoms in total. The first-order valence-electron chi connectivity index (χ1n) is 9.57. The van der Waals surface area contributed by atoms with Crippen molar-refractivity contribution in [2.75, 3.05) is 11.4 Å². The number of hydrogen-bond acceptors (Lipinski definition) is 3. The van der Waals surface area contributed by atoms with Crippen LogP contribution in [0.1, 0.15) is 22.3 Å². The van der Waals surface area contributed by atoms with Crippen molar-refractivity contribution in [2.45, 2.75) is 19.5 Å². The third-order valence-corrected chi connectivity index (χ3v) is 4.91. The Bertz CT molecular complexity index is 1040. The van der Waals surface area contributed by atoms with E-state index in [0.717, 1.165) is 22.6 Å². The van der Waals surface area contributed by atoms with E-state index in [9.17, 15) is 9.59 Å². The summed E-state index contributed by atoms with van der Waals surface area (Å²) < 4.78 is 1.89. The van der Waals surface area contributed by atoms with E-state index in [1.54, 1.807) is 23.1 Å². The van der Waals surface area contributed by atoms with Crippen LogP contribution in [0.3, 0.4) is 0 Å². The fourth-order valence-electron chi connectivity index (χ4n) is 3.38. The number of benzene rings is 2. The molecule has 2 amide bonds. The number of carbonyl (C=O) groups is 2. The largest absolute Gasteiger partial charge is 0.349 e. The van der Waals surface area contributed by atoms with Crippen LogP contribution in [-0.2, 0) is 17.9 Å². The van der Waals surface area contributed by atoms with Crippen LogP contribution < -0.4 is 10.2 Å². The lowest BCUT2D eigenvalue weighted by Gasteiger charge is -2.27. The fourth-order valence-corrected chi connectivity index (χ4v) is 3.38. The smallest absolute Gasteiger partial charge is 0.251 e. The SMILES string of the molecule is C=CCNC(=O)c1ccc(CN2C(=O)CCn3nc(-c4ccccc4)cc32)cc1. The van der Waals surface area contributed by atoms with Gasteiger partial charge in [0.1, 0.15) is 5.82 Å². The monoisotopic (exact) mass is 386 g/mol. The topological polar surface area (TPSA) is 67.2 Å². The minimum absolute atomic E-state index is 0.0739. The Kier molecular flexibility index (Phi) is 5.24. The minimum atomic E-state index is -0.143. The van der Waals surface area contributed by atoms with Crippen molar-refractivity contribution in [2.24, 2.45) is 0 Å². The van der Waals surface area contributed by atoms with Gasteiger partial charge >= 0.3 is 0 Å². The Morgan fingerprint density at radius 2 is 1.90 bits per heavy atom. The standard InChI is InChI=1S/C23H22N4O2/c1-2-13-24-23(29)19-10-8-17(9-11-19)16-26-21-15-20(18-6-4-3-5-7-18)25-27(21)14-12-22(26)28/h2-11,15H,1,12-14,16H2,(H,24,29). The lowest BCUT2D eigenvalue weighted by atomic mass is 10.1. The Balaban J connectivity index is 1.55. The molecule has 3 aromatic rings. The molecule has 0 saturated heterocycles. The van der Waals surface area contributed by atoms with Crippen molar-refractivity contribution in [3.05, 3.63) is 84.4 Å². The zero-order chi connectivity index (χ0) is 20.2. The van der Waals surface area contributed by atoms with Crippen molar-refractivity contribution in [3.63, 3.8) is 0 Å². The van der Waals surface area contributed by atoms with Crippen LogP contribution >= 0.6 is 0 Å². The molecule has 2 heterocycles. The van der Waals surface area contributed by atoms with Gasteiger partial charge in [-0.15, -0.1) is 6.58 Å². The Hall–Kier alpha value is -3.67. The Morgan fingerprint density at radius 3 is 2.62 bits per heavy atom. The highest BCUT2D eigenvalue weighted by atomic mass is 16.2. The first-order valence-corrected chi connectivity index (χ1v) is 9.57. The van der Waals surface area contributed by atoms with Crippen molar-refractivity contribution in [3.8, 4) is 11.3 Å². The second kappa shape index (κ2) is 8.14. The summed E-state index contributed by atoms with van der Waals surface area (Å²) in [6.07, 6.45) is 2.06. The van der Waals surface area contributed by atoms with Gasteiger partial charge in [-0.2, -0.15) is 5.10 Å². The third kappa shape index (κ3) is 3.96. The van der Waals surface area contributed by atoms with Gasteiger partial charge in [0.25, 0.3) is 5.91 Å². The molecule has 0 bridgehead atoms. The van der Waals surface area contributed by atoms with Crippen LogP contribution in [0.15, 0.2) is 73.3 Å². The zero-order valence-corrected chi connectivity index (χ0v) is 16.0. The number of anilines is 1. The molecule has 0 unspecified atom stereocenters. The van der Waals surface area contributed by atoms with Crippen LogP contribution in [-0.4, -0.2) is 28.1 Å². The molecular weight excluding hydrogens is 364 g/mol. The molecule has 0 aliphatic carbocycles. The Labute approximate surface area is 169 Å². The highest BCUT2D eigenvalue weighted by Gasteiger charge is 2.26. The maximum atomic E-state index is 12.6. The lowest BCUT2D eigenvalue weighted by Crippen LogP contribution is -2.36. The number of nitrogens with zero attached hydrogens (tertiary/aromatic N) is 3. The molecule has 0 fully saturated rings. The van der Waals surface area contributed by atoms with Crippen LogP contribution in [0.5, 0.6) is 0 Å². The van der Waals surface area contributed by atoms with Crippen LogP contribution in [0.4, 0.5) is 5.82 Å². The predicted octanol–water partition coefficient (Wildman–Crippen LogP) is 3.40. The van der Waals surface area contributed by atoms with E-state index in [4.69, 9.17) is 0 Å². The third-order valence-electron chi connectivity index (χ3n) is 4.91. The number of carbonyl (C=O) groups excluding carboxylic acids is 2. The molecule has 146 valence electrons. The average molecular weight is 386 g/mol. The summed E-state index contributed by atoms with van der Waals surface area (Å²) in [5, 5.41) is 7.43. The van der Waals surface area contributed by atoms with E-state index in [1.165, 1.54) is 0 Å². The minimum Gasteiger partial charge on any atom is -0.349 e. The van der Waals surface area contributed by atoms with Gasteiger partial charge in [0, 0.05) is 30.2 Å². The first kappa shape index (κ1) is 18.7. The maximum Gasteiger partial charge on any atom is 0.251 e. The van der Waals surface area contributed by atoms with Gasteiger partial charge in [-0.3, -0.25) is 14.5 Å². The number of fused-ring (bicyclic) bond motifs is 1. The van der Waals surface area contributed by atoms with Gasteiger partial charge in [0.05, 0.1) is 18.8 Å². The maximum absolute atomic E-state index is 12.6. The summed E-state index contributed by atoms with van der Waals surface area (Å²) in [6, 6.07) is 19.2. The number of rotatable bonds is 6. The number of amides is 2. The molecular formula is C23H22N4O2. The van der Waals surface area contributed by atoms with E-state index in [2.05, 4.69) is 17.0 Å². The van der Waals surface area contributed by atoms with Gasteiger partial charge in [-0.1, -0.05) is 48.5 Å². The summed E-state index contributed by atoms with van der Waals surface area (Å²) >= 11 is 0. The summed E-state index contributed by atoms with van der Waals surface area (Å²) in [6.45, 7) is 5.04. The van der Waals surface area contributed by atoms with Gasteiger partial charge in [0.15, 0.2) is 0 Å². The van der Waals surface area contributed by atoms with Gasteiger partial charge in [-0.25, -0.2) is 4.68 Å². The van der Waals surface area contributed by atoms with E-state index in [0.29, 0.717) is 31.6 Å². The molecule has 6 heteroatoms. The molecule has 0 radical (unpaired) electrons. The zero-order valence-electron chi connectivity index (χ0n) is 16.0. The highest BCUT2D eigenvalue weighted by molar-refractivity contribution is 5.95. The molecule has 0 atom stereocenters. The van der Waals surface area contributed by atoms with Crippen molar-refractivity contribution in [1.29, 1.82) is 0 Å². The highest BCUT2D eigenvalue weighted by Crippen LogP contribution is 2.29. The van der Waals surface area contributed by atoms with Crippen LogP contribution in [0, 0.1) is 0 Å². The second-order valence-corrected chi connectivity index (χ2v) is 6.90. The van der Waals surface area contributed by atoms with Crippen LogP contribution in [0.2, 0.25) is 0 Å². The quantitative estimate of drug-likeness (QED) is 0.660. The van der Waals surface area contributed by atoms with Gasteiger partial charge in [-0.05, 0) is 17.7 Å². The summed E-state index contributed by atoms with van der Waals surface area (Å²) in [7, 11) is 0.